The van der Waals surface area contributed by atoms with Gasteiger partial charge in [-0.2, -0.15) is 0 Å². The van der Waals surface area contributed by atoms with Crippen molar-refractivity contribution < 1.29 is 9.59 Å². The Balaban J connectivity index is 1.61. The summed E-state index contributed by atoms with van der Waals surface area (Å²) in [6.07, 6.45) is 2.37. The summed E-state index contributed by atoms with van der Waals surface area (Å²) in [7, 11) is 0. The largest absolute Gasteiger partial charge is 0.361 e. The Kier molecular flexibility index (Phi) is 3.12. The smallest absolute Gasteiger partial charge is 0.329 e. The third-order valence-corrected chi connectivity index (χ3v) is 4.13. The highest BCUT2D eigenvalue weighted by Gasteiger charge is 2.39. The minimum absolute atomic E-state index is 0.216. The van der Waals surface area contributed by atoms with Crippen LogP contribution < -0.4 is 10.2 Å². The lowest BCUT2D eigenvalue weighted by molar-refractivity contribution is -0.118. The van der Waals surface area contributed by atoms with Crippen molar-refractivity contribution in [2.45, 2.75) is 12.5 Å². The number of carbonyl (C=O) groups excluding carboxylic acids is 2. The van der Waals surface area contributed by atoms with Crippen molar-refractivity contribution in [2.24, 2.45) is 0 Å². The first-order valence-electron chi connectivity index (χ1n) is 7.48. The molecule has 0 spiro atoms. The summed E-state index contributed by atoms with van der Waals surface area (Å²) in [5.41, 5.74) is 2.64. The standard InChI is InChI=1S/C18H15N3O2/c22-17-16(10-12-11-19-15-9-5-4-8-14(12)15)20-18(23)21(17)13-6-2-1-3-7-13/h1-9,11,16,19H,10H2,(H,20,23)/t16-/m1/s1. The van der Waals surface area contributed by atoms with Gasteiger partial charge in [0.25, 0.3) is 5.91 Å². The summed E-state index contributed by atoms with van der Waals surface area (Å²) in [4.78, 5) is 29.2. The molecule has 1 aliphatic rings. The number of nitrogens with zero attached hydrogens (tertiary/aromatic N) is 1. The summed E-state index contributed by atoms with van der Waals surface area (Å²) in [6, 6.07) is 16.0. The highest BCUT2D eigenvalue weighted by atomic mass is 16.2. The number of aromatic nitrogens is 1. The average Bonchev–Trinajstić information content (AvgIpc) is 3.10. The fourth-order valence-corrected chi connectivity index (χ4v) is 3.01. The van der Waals surface area contributed by atoms with Crippen LogP contribution in [0.3, 0.4) is 0 Å². The third kappa shape index (κ3) is 2.26. The van der Waals surface area contributed by atoms with E-state index in [2.05, 4.69) is 10.3 Å². The molecule has 0 unspecified atom stereocenters. The monoisotopic (exact) mass is 305 g/mol. The topological polar surface area (TPSA) is 65.2 Å². The normalized spacial score (nSPS) is 17.7. The number of amides is 3. The minimum Gasteiger partial charge on any atom is -0.361 e. The molecule has 5 nitrogen and oxygen atoms in total. The van der Waals surface area contributed by atoms with Crippen LogP contribution in [0.4, 0.5) is 10.5 Å². The molecule has 5 heteroatoms. The van der Waals surface area contributed by atoms with Crippen molar-refractivity contribution in [3.8, 4) is 0 Å². The van der Waals surface area contributed by atoms with E-state index in [0.29, 0.717) is 12.1 Å². The first kappa shape index (κ1) is 13.6. The molecule has 23 heavy (non-hydrogen) atoms. The van der Waals surface area contributed by atoms with Gasteiger partial charge in [-0.15, -0.1) is 0 Å². The number of anilines is 1. The fraction of sp³-hybridized carbons (Fsp3) is 0.111. The second-order valence-electron chi connectivity index (χ2n) is 5.57. The zero-order chi connectivity index (χ0) is 15.8. The van der Waals surface area contributed by atoms with Crippen LogP contribution in [-0.4, -0.2) is 23.0 Å². The molecule has 2 heterocycles. The summed E-state index contributed by atoms with van der Waals surface area (Å²) in [6.45, 7) is 0. The minimum atomic E-state index is -0.540. The molecule has 2 N–H and O–H groups in total. The molecule has 114 valence electrons. The lowest BCUT2D eigenvalue weighted by Crippen LogP contribution is -2.32. The van der Waals surface area contributed by atoms with Crippen LogP contribution in [0.2, 0.25) is 0 Å². The van der Waals surface area contributed by atoms with Gasteiger partial charge in [0, 0.05) is 23.5 Å². The van der Waals surface area contributed by atoms with Gasteiger partial charge >= 0.3 is 6.03 Å². The fourth-order valence-electron chi connectivity index (χ4n) is 3.01. The maximum absolute atomic E-state index is 12.6. The SMILES string of the molecule is O=C1N[C@H](Cc2c[nH]c3ccccc23)C(=O)N1c1ccccc1. The zero-order valence-corrected chi connectivity index (χ0v) is 12.3. The van der Waals surface area contributed by atoms with Crippen molar-refractivity contribution in [2.75, 3.05) is 4.90 Å². The molecule has 1 aliphatic heterocycles. The van der Waals surface area contributed by atoms with Crippen LogP contribution in [0, 0.1) is 0 Å². The first-order valence-corrected chi connectivity index (χ1v) is 7.48. The van der Waals surface area contributed by atoms with E-state index in [1.54, 1.807) is 12.1 Å². The van der Waals surface area contributed by atoms with E-state index >= 15 is 0 Å². The van der Waals surface area contributed by atoms with Gasteiger partial charge < -0.3 is 10.3 Å². The van der Waals surface area contributed by atoms with Gasteiger partial charge in [0.05, 0.1) is 5.69 Å². The molecule has 1 atom stereocenters. The van der Waals surface area contributed by atoms with Gasteiger partial charge in [0.15, 0.2) is 0 Å². The molecular weight excluding hydrogens is 290 g/mol. The van der Waals surface area contributed by atoms with Gasteiger partial charge in [-0.25, -0.2) is 9.69 Å². The summed E-state index contributed by atoms with van der Waals surface area (Å²) < 4.78 is 0. The van der Waals surface area contributed by atoms with Crippen LogP contribution in [0.15, 0.2) is 60.8 Å². The number of carbonyl (C=O) groups is 2. The molecule has 1 saturated heterocycles. The van der Waals surface area contributed by atoms with Gasteiger partial charge in [-0.05, 0) is 23.8 Å². The molecule has 1 aromatic heterocycles. The number of hydrogen-bond acceptors (Lipinski definition) is 2. The number of benzene rings is 2. The molecule has 0 radical (unpaired) electrons. The molecule has 0 saturated carbocycles. The lowest BCUT2D eigenvalue weighted by atomic mass is 10.0. The number of aromatic amines is 1. The van der Waals surface area contributed by atoms with Gasteiger partial charge in [-0.3, -0.25) is 4.79 Å². The van der Waals surface area contributed by atoms with Crippen molar-refractivity contribution in [1.29, 1.82) is 0 Å². The number of urea groups is 1. The molecule has 4 rings (SSSR count). The van der Waals surface area contributed by atoms with Crippen LogP contribution in [-0.2, 0) is 11.2 Å². The maximum Gasteiger partial charge on any atom is 0.329 e. The second-order valence-corrected chi connectivity index (χ2v) is 5.57. The number of para-hydroxylation sites is 2. The first-order chi connectivity index (χ1) is 11.2. The number of nitrogens with one attached hydrogen (secondary N) is 2. The molecule has 2 aromatic carbocycles. The molecule has 3 amide bonds. The van der Waals surface area contributed by atoms with Crippen molar-refractivity contribution in [1.82, 2.24) is 10.3 Å². The Morgan fingerprint density at radius 2 is 1.70 bits per heavy atom. The van der Waals surface area contributed by atoms with Crippen LogP contribution in [0.5, 0.6) is 0 Å². The predicted molar refractivity (Wildman–Crippen MR) is 88.3 cm³/mol. The van der Waals surface area contributed by atoms with Gasteiger partial charge in [0.2, 0.25) is 0 Å². The second kappa shape index (κ2) is 5.28. The maximum atomic E-state index is 12.6. The van der Waals surface area contributed by atoms with E-state index in [1.165, 1.54) is 4.90 Å². The number of H-pyrrole nitrogens is 1. The van der Waals surface area contributed by atoms with Crippen molar-refractivity contribution in [3.63, 3.8) is 0 Å². The molecule has 1 fully saturated rings. The van der Waals surface area contributed by atoms with Crippen molar-refractivity contribution >= 4 is 28.5 Å². The summed E-state index contributed by atoms with van der Waals surface area (Å²) in [5.74, 6) is -0.216. The third-order valence-electron chi connectivity index (χ3n) is 4.13. The van der Waals surface area contributed by atoms with E-state index in [9.17, 15) is 9.59 Å². The molecule has 3 aromatic rings. The predicted octanol–water partition coefficient (Wildman–Crippen LogP) is 2.84. The lowest BCUT2D eigenvalue weighted by Gasteiger charge is -2.12. The van der Waals surface area contributed by atoms with E-state index in [1.807, 2.05) is 48.7 Å². The quantitative estimate of drug-likeness (QED) is 0.731. The number of rotatable bonds is 3. The number of hydrogen-bond donors (Lipinski definition) is 2. The zero-order valence-electron chi connectivity index (χ0n) is 12.3. The van der Waals surface area contributed by atoms with Crippen LogP contribution in [0.1, 0.15) is 5.56 Å². The highest BCUT2D eigenvalue weighted by molar-refractivity contribution is 6.21. The summed E-state index contributed by atoms with van der Waals surface area (Å²) >= 11 is 0. The Morgan fingerprint density at radius 1 is 0.957 bits per heavy atom. The van der Waals surface area contributed by atoms with E-state index in [4.69, 9.17) is 0 Å². The van der Waals surface area contributed by atoms with E-state index in [-0.39, 0.29) is 11.9 Å². The Bertz CT molecular complexity index is 885. The Morgan fingerprint density at radius 3 is 2.52 bits per heavy atom. The van der Waals surface area contributed by atoms with Crippen LogP contribution >= 0.6 is 0 Å². The number of imide groups is 1. The van der Waals surface area contributed by atoms with E-state index < -0.39 is 6.04 Å². The van der Waals surface area contributed by atoms with Gasteiger partial charge in [0.1, 0.15) is 6.04 Å². The number of fused-ring (bicyclic) bond motifs is 1. The molecule has 0 aliphatic carbocycles. The van der Waals surface area contributed by atoms with Crippen molar-refractivity contribution in [3.05, 3.63) is 66.4 Å². The molecule has 0 bridgehead atoms. The van der Waals surface area contributed by atoms with Gasteiger partial charge in [-0.1, -0.05) is 36.4 Å². The Hall–Kier alpha value is -3.08. The van der Waals surface area contributed by atoms with Crippen LogP contribution in [0.25, 0.3) is 10.9 Å². The highest BCUT2D eigenvalue weighted by Crippen LogP contribution is 2.23. The average molecular weight is 305 g/mol. The molecular formula is C18H15N3O2. The Labute approximate surface area is 132 Å². The summed E-state index contributed by atoms with van der Waals surface area (Å²) in [5, 5.41) is 3.86. The van der Waals surface area contributed by atoms with E-state index in [0.717, 1.165) is 16.5 Å².